The van der Waals surface area contributed by atoms with Gasteiger partial charge in [-0.1, -0.05) is 11.6 Å². The normalized spacial score (nSPS) is 10.3. The van der Waals surface area contributed by atoms with Crippen molar-refractivity contribution in [1.29, 1.82) is 0 Å². The van der Waals surface area contributed by atoms with Crippen LogP contribution in [0.3, 0.4) is 0 Å². The zero-order valence-electron chi connectivity index (χ0n) is 6.48. The third-order valence-corrected chi connectivity index (χ3v) is 2.30. The van der Waals surface area contributed by atoms with Crippen LogP contribution in [-0.2, 0) is 0 Å². The van der Waals surface area contributed by atoms with E-state index in [4.69, 9.17) is 11.6 Å². The highest BCUT2D eigenvalue weighted by Crippen LogP contribution is 2.21. The monoisotopic (exact) mass is 257 g/mol. The molecule has 2 aromatic heterocycles. The molecule has 0 atom stereocenters. The van der Waals surface area contributed by atoms with E-state index in [1.165, 1.54) is 0 Å². The molecule has 0 bridgehead atoms. The number of rotatable bonds is 1. The summed E-state index contributed by atoms with van der Waals surface area (Å²) in [7, 11) is 0. The SMILES string of the molecule is Clc1cnc(-n2cccn2)c(Br)c1. The molecule has 2 heterocycles. The molecule has 13 heavy (non-hydrogen) atoms. The summed E-state index contributed by atoms with van der Waals surface area (Å²) in [5, 5.41) is 4.66. The van der Waals surface area contributed by atoms with E-state index in [1.807, 2.05) is 12.3 Å². The van der Waals surface area contributed by atoms with Crippen molar-refractivity contribution in [3.05, 3.63) is 40.2 Å². The molecule has 0 aliphatic rings. The lowest BCUT2D eigenvalue weighted by Crippen LogP contribution is -1.98. The van der Waals surface area contributed by atoms with Crippen molar-refractivity contribution in [2.24, 2.45) is 0 Å². The summed E-state index contributed by atoms with van der Waals surface area (Å²) in [4.78, 5) is 4.14. The first-order valence-corrected chi connectivity index (χ1v) is 4.75. The molecule has 0 saturated carbocycles. The van der Waals surface area contributed by atoms with Crippen LogP contribution in [0.1, 0.15) is 0 Å². The van der Waals surface area contributed by atoms with Gasteiger partial charge >= 0.3 is 0 Å². The van der Waals surface area contributed by atoms with Crippen molar-refractivity contribution < 1.29 is 0 Å². The van der Waals surface area contributed by atoms with Crippen LogP contribution in [0.4, 0.5) is 0 Å². The fraction of sp³-hybridized carbons (Fsp3) is 0. The predicted octanol–water partition coefficient (Wildman–Crippen LogP) is 2.68. The Morgan fingerprint density at radius 1 is 1.46 bits per heavy atom. The van der Waals surface area contributed by atoms with Gasteiger partial charge in [-0.05, 0) is 28.1 Å². The number of nitrogens with zero attached hydrogens (tertiary/aromatic N) is 3. The minimum atomic E-state index is 0.600. The van der Waals surface area contributed by atoms with Crippen molar-refractivity contribution in [3.63, 3.8) is 0 Å². The Morgan fingerprint density at radius 3 is 2.92 bits per heavy atom. The summed E-state index contributed by atoms with van der Waals surface area (Å²) >= 11 is 9.12. The quantitative estimate of drug-likeness (QED) is 0.787. The second kappa shape index (κ2) is 3.47. The number of aromatic nitrogens is 3. The average Bonchev–Trinajstić information content (AvgIpc) is 2.56. The van der Waals surface area contributed by atoms with Crippen LogP contribution in [0, 0.1) is 0 Å². The van der Waals surface area contributed by atoms with E-state index >= 15 is 0 Å². The molecule has 2 aromatic rings. The van der Waals surface area contributed by atoms with Gasteiger partial charge in [0.2, 0.25) is 0 Å². The highest BCUT2D eigenvalue weighted by Gasteiger charge is 2.03. The van der Waals surface area contributed by atoms with Crippen molar-refractivity contribution in [2.75, 3.05) is 0 Å². The molecular formula is C8H5BrClN3. The van der Waals surface area contributed by atoms with E-state index in [-0.39, 0.29) is 0 Å². The van der Waals surface area contributed by atoms with E-state index in [2.05, 4.69) is 26.0 Å². The smallest absolute Gasteiger partial charge is 0.167 e. The molecule has 0 aliphatic heterocycles. The lowest BCUT2D eigenvalue weighted by Gasteiger charge is -2.02. The zero-order chi connectivity index (χ0) is 9.26. The second-order valence-electron chi connectivity index (χ2n) is 2.41. The number of pyridine rings is 1. The van der Waals surface area contributed by atoms with Gasteiger partial charge in [-0.2, -0.15) is 5.10 Å². The van der Waals surface area contributed by atoms with Crippen LogP contribution in [-0.4, -0.2) is 14.8 Å². The fourth-order valence-electron chi connectivity index (χ4n) is 0.970. The van der Waals surface area contributed by atoms with Crippen LogP contribution in [0.2, 0.25) is 5.02 Å². The van der Waals surface area contributed by atoms with Gasteiger partial charge in [-0.3, -0.25) is 0 Å². The standard InChI is InChI=1S/C8H5BrClN3/c9-7-4-6(10)5-11-8(7)13-3-1-2-12-13/h1-5H. The van der Waals surface area contributed by atoms with E-state index < -0.39 is 0 Å². The molecule has 3 nitrogen and oxygen atoms in total. The Labute approximate surface area is 88.5 Å². The van der Waals surface area contributed by atoms with Gasteiger partial charge in [0.25, 0.3) is 0 Å². The Bertz CT molecular complexity index is 413. The second-order valence-corrected chi connectivity index (χ2v) is 3.70. The van der Waals surface area contributed by atoms with Gasteiger partial charge < -0.3 is 0 Å². The van der Waals surface area contributed by atoms with Crippen LogP contribution < -0.4 is 0 Å². The zero-order valence-corrected chi connectivity index (χ0v) is 8.83. The van der Waals surface area contributed by atoms with Crippen molar-refractivity contribution in [3.8, 4) is 5.82 Å². The maximum Gasteiger partial charge on any atom is 0.167 e. The van der Waals surface area contributed by atoms with Crippen molar-refractivity contribution >= 4 is 27.5 Å². The molecule has 0 radical (unpaired) electrons. The van der Waals surface area contributed by atoms with Crippen molar-refractivity contribution in [1.82, 2.24) is 14.8 Å². The summed E-state index contributed by atoms with van der Waals surface area (Å²) in [6.07, 6.45) is 5.10. The average molecular weight is 259 g/mol. The van der Waals surface area contributed by atoms with E-state index in [1.54, 1.807) is 23.1 Å². The minimum Gasteiger partial charge on any atom is -0.235 e. The fourth-order valence-corrected chi connectivity index (χ4v) is 1.79. The third kappa shape index (κ3) is 1.73. The molecule has 0 N–H and O–H groups in total. The van der Waals surface area contributed by atoms with Gasteiger partial charge in [-0.25, -0.2) is 9.67 Å². The van der Waals surface area contributed by atoms with Gasteiger partial charge in [0.15, 0.2) is 5.82 Å². The predicted molar refractivity (Wildman–Crippen MR) is 54.1 cm³/mol. The summed E-state index contributed by atoms with van der Waals surface area (Å²) in [5.41, 5.74) is 0. The Kier molecular flexibility index (Phi) is 2.33. The number of hydrogen-bond acceptors (Lipinski definition) is 2. The first kappa shape index (κ1) is 8.72. The molecule has 5 heteroatoms. The highest BCUT2D eigenvalue weighted by atomic mass is 79.9. The molecule has 0 saturated heterocycles. The van der Waals surface area contributed by atoms with Crippen molar-refractivity contribution in [2.45, 2.75) is 0 Å². The topological polar surface area (TPSA) is 30.7 Å². The molecular weight excluding hydrogens is 253 g/mol. The van der Waals surface area contributed by atoms with E-state index in [9.17, 15) is 0 Å². The Hall–Kier alpha value is -0.870. The maximum absolute atomic E-state index is 5.76. The lowest BCUT2D eigenvalue weighted by molar-refractivity contribution is 0.842. The number of halogens is 2. The van der Waals surface area contributed by atoms with Gasteiger partial charge in [0.05, 0.1) is 9.50 Å². The maximum atomic E-state index is 5.76. The summed E-state index contributed by atoms with van der Waals surface area (Å²) in [5.74, 6) is 0.731. The summed E-state index contributed by atoms with van der Waals surface area (Å²) in [6, 6.07) is 3.62. The molecule has 2 rings (SSSR count). The molecule has 0 amide bonds. The highest BCUT2D eigenvalue weighted by molar-refractivity contribution is 9.10. The third-order valence-electron chi connectivity index (χ3n) is 1.51. The molecule has 0 aliphatic carbocycles. The summed E-state index contributed by atoms with van der Waals surface area (Å²) < 4.78 is 2.49. The minimum absolute atomic E-state index is 0.600. The summed E-state index contributed by atoms with van der Waals surface area (Å²) in [6.45, 7) is 0. The molecule has 0 spiro atoms. The molecule has 0 fully saturated rings. The van der Waals surface area contributed by atoms with Crippen LogP contribution in [0.15, 0.2) is 35.2 Å². The first-order chi connectivity index (χ1) is 6.27. The van der Waals surface area contributed by atoms with Gasteiger partial charge in [-0.15, -0.1) is 0 Å². The van der Waals surface area contributed by atoms with Crippen LogP contribution >= 0.6 is 27.5 Å². The largest absolute Gasteiger partial charge is 0.235 e. The van der Waals surface area contributed by atoms with Gasteiger partial charge in [0.1, 0.15) is 0 Å². The van der Waals surface area contributed by atoms with E-state index in [0.29, 0.717) is 5.02 Å². The number of hydrogen-bond donors (Lipinski definition) is 0. The lowest BCUT2D eigenvalue weighted by atomic mass is 10.4. The van der Waals surface area contributed by atoms with Crippen LogP contribution in [0.5, 0.6) is 0 Å². The van der Waals surface area contributed by atoms with E-state index in [0.717, 1.165) is 10.3 Å². The molecule has 66 valence electrons. The first-order valence-electron chi connectivity index (χ1n) is 3.58. The van der Waals surface area contributed by atoms with Crippen LogP contribution in [0.25, 0.3) is 5.82 Å². The molecule has 0 aromatic carbocycles. The van der Waals surface area contributed by atoms with Gasteiger partial charge in [0, 0.05) is 18.6 Å². The Morgan fingerprint density at radius 2 is 2.31 bits per heavy atom. The Balaban J connectivity index is 2.53. The molecule has 0 unspecified atom stereocenters.